The van der Waals surface area contributed by atoms with E-state index in [1.54, 1.807) is 43.9 Å². The van der Waals surface area contributed by atoms with Crippen LogP contribution in [0.5, 0.6) is 5.88 Å². The first kappa shape index (κ1) is 30.2. The van der Waals surface area contributed by atoms with Crippen molar-refractivity contribution in [2.24, 2.45) is 0 Å². The van der Waals surface area contributed by atoms with Crippen molar-refractivity contribution < 1.29 is 23.9 Å². The zero-order valence-corrected chi connectivity index (χ0v) is 25.4. The van der Waals surface area contributed by atoms with Crippen LogP contribution in [-0.2, 0) is 9.53 Å². The SMILES string of the molecule is CC(C)(C)OC(=O)NCC(=O)N1CCN(c2ccc(Nc3ncc4c(n3)OCN(c3c(Cl)cccc3Cl)C4=O)cc2)CC1. The van der Waals surface area contributed by atoms with Gasteiger partial charge >= 0.3 is 6.09 Å². The molecule has 3 amide bonds. The van der Waals surface area contributed by atoms with Gasteiger partial charge in [-0.1, -0.05) is 29.3 Å². The quantitative estimate of drug-likeness (QED) is 0.399. The van der Waals surface area contributed by atoms with E-state index in [2.05, 4.69) is 25.5 Å². The zero-order chi connectivity index (χ0) is 30.7. The average molecular weight is 629 g/mol. The van der Waals surface area contributed by atoms with Gasteiger partial charge in [-0.2, -0.15) is 4.98 Å². The number of ether oxygens (including phenoxy) is 2. The molecule has 3 heterocycles. The molecule has 2 N–H and O–H groups in total. The number of para-hydroxylation sites is 1. The van der Waals surface area contributed by atoms with Gasteiger partial charge in [0.05, 0.1) is 15.7 Å². The lowest BCUT2D eigenvalue weighted by atomic mass is 10.2. The van der Waals surface area contributed by atoms with Crippen molar-refractivity contribution >= 4 is 64.1 Å². The number of fused-ring (bicyclic) bond motifs is 1. The first-order chi connectivity index (χ1) is 20.5. The third-order valence-corrected chi connectivity index (χ3v) is 7.28. The van der Waals surface area contributed by atoms with E-state index in [0.717, 1.165) is 11.4 Å². The molecular formula is C29H31Cl2N7O5. The summed E-state index contributed by atoms with van der Waals surface area (Å²) in [5.74, 6) is -0.0858. The molecule has 2 aliphatic heterocycles. The summed E-state index contributed by atoms with van der Waals surface area (Å²) in [5.41, 5.74) is 1.69. The van der Waals surface area contributed by atoms with Crippen LogP contribution in [0.1, 0.15) is 31.1 Å². The summed E-state index contributed by atoms with van der Waals surface area (Å²) < 4.78 is 10.9. The monoisotopic (exact) mass is 627 g/mol. The van der Waals surface area contributed by atoms with Gasteiger partial charge in [-0.25, -0.2) is 9.78 Å². The Hall–Kier alpha value is -4.29. The second-order valence-corrected chi connectivity index (χ2v) is 11.7. The van der Waals surface area contributed by atoms with Crippen LogP contribution < -0.4 is 25.2 Å². The number of hydrogen-bond acceptors (Lipinski definition) is 9. The van der Waals surface area contributed by atoms with E-state index >= 15 is 0 Å². The molecule has 0 radical (unpaired) electrons. The second-order valence-electron chi connectivity index (χ2n) is 10.9. The number of piperazine rings is 1. The van der Waals surface area contributed by atoms with Gasteiger partial charge in [-0.05, 0) is 57.2 Å². The highest BCUT2D eigenvalue weighted by Crippen LogP contribution is 2.37. The fraction of sp³-hybridized carbons (Fsp3) is 0.345. The molecule has 2 aromatic carbocycles. The van der Waals surface area contributed by atoms with Gasteiger partial charge < -0.3 is 29.9 Å². The highest BCUT2D eigenvalue weighted by atomic mass is 35.5. The summed E-state index contributed by atoms with van der Waals surface area (Å²) in [7, 11) is 0. The maximum absolute atomic E-state index is 13.1. The number of alkyl carbamates (subject to hydrolysis) is 1. The Balaban J connectivity index is 1.14. The maximum atomic E-state index is 13.1. The summed E-state index contributed by atoms with van der Waals surface area (Å²) >= 11 is 12.6. The fourth-order valence-corrected chi connectivity index (χ4v) is 5.20. The van der Waals surface area contributed by atoms with Crippen LogP contribution in [0.2, 0.25) is 10.0 Å². The molecule has 1 fully saturated rings. The summed E-state index contributed by atoms with van der Waals surface area (Å²) in [5, 5.41) is 6.32. The lowest BCUT2D eigenvalue weighted by Gasteiger charge is -2.36. The molecule has 0 saturated carbocycles. The Morgan fingerprint density at radius 3 is 2.35 bits per heavy atom. The molecular weight excluding hydrogens is 597 g/mol. The highest BCUT2D eigenvalue weighted by molar-refractivity contribution is 6.40. The molecule has 1 aromatic heterocycles. The number of carbonyl (C=O) groups is 3. The minimum atomic E-state index is -0.622. The van der Waals surface area contributed by atoms with E-state index in [1.807, 2.05) is 24.3 Å². The fourth-order valence-electron chi connectivity index (χ4n) is 4.60. The number of rotatable bonds is 6. The molecule has 5 rings (SSSR count). The van der Waals surface area contributed by atoms with Crippen molar-refractivity contribution in [3.8, 4) is 5.88 Å². The van der Waals surface area contributed by atoms with Crippen LogP contribution in [0.25, 0.3) is 0 Å². The standard InChI is InChI=1S/C29H31Cl2N7O5/c1-29(2,3)43-28(41)33-16-23(39)37-13-11-36(12-14-37)19-9-7-18(8-10-19)34-27-32-15-20-25(35-27)42-17-38(26(20)40)24-21(30)5-4-6-22(24)31/h4-10,15H,11-14,16-17H2,1-3H3,(H,33,41)(H,32,34,35). The van der Waals surface area contributed by atoms with Crippen molar-refractivity contribution in [1.82, 2.24) is 20.2 Å². The molecule has 3 aromatic rings. The number of nitrogens with one attached hydrogen (secondary N) is 2. The van der Waals surface area contributed by atoms with E-state index in [4.69, 9.17) is 32.7 Å². The zero-order valence-electron chi connectivity index (χ0n) is 23.9. The number of halogens is 2. The molecule has 0 bridgehead atoms. The van der Waals surface area contributed by atoms with Crippen LogP contribution in [0.4, 0.5) is 27.8 Å². The van der Waals surface area contributed by atoms with E-state index in [0.29, 0.717) is 41.9 Å². The molecule has 12 nitrogen and oxygen atoms in total. The first-order valence-corrected chi connectivity index (χ1v) is 14.4. The molecule has 2 aliphatic rings. The highest BCUT2D eigenvalue weighted by Gasteiger charge is 2.31. The van der Waals surface area contributed by atoms with E-state index in [9.17, 15) is 14.4 Å². The van der Waals surface area contributed by atoms with Gasteiger partial charge in [0, 0.05) is 43.8 Å². The molecule has 0 spiro atoms. The molecule has 1 saturated heterocycles. The third kappa shape index (κ3) is 7.20. The second kappa shape index (κ2) is 12.5. The van der Waals surface area contributed by atoms with Crippen molar-refractivity contribution in [3.05, 3.63) is 64.3 Å². The normalized spacial score (nSPS) is 15.0. The number of nitrogens with zero attached hydrogens (tertiary/aromatic N) is 5. The molecule has 43 heavy (non-hydrogen) atoms. The first-order valence-electron chi connectivity index (χ1n) is 13.6. The van der Waals surface area contributed by atoms with Gasteiger partial charge in [0.15, 0.2) is 6.73 Å². The van der Waals surface area contributed by atoms with E-state index < -0.39 is 11.7 Å². The lowest BCUT2D eigenvalue weighted by molar-refractivity contribution is -0.130. The van der Waals surface area contributed by atoms with Crippen LogP contribution in [0, 0.1) is 0 Å². The molecule has 0 aliphatic carbocycles. The Morgan fingerprint density at radius 2 is 1.70 bits per heavy atom. The van der Waals surface area contributed by atoms with Gasteiger partial charge in [0.1, 0.15) is 17.7 Å². The van der Waals surface area contributed by atoms with Crippen molar-refractivity contribution in [2.75, 3.05) is 54.6 Å². The number of amides is 3. The molecule has 226 valence electrons. The van der Waals surface area contributed by atoms with Crippen LogP contribution in [-0.4, -0.2) is 77.8 Å². The number of anilines is 4. The Morgan fingerprint density at radius 1 is 1.02 bits per heavy atom. The van der Waals surface area contributed by atoms with Gasteiger partial charge in [-0.3, -0.25) is 14.5 Å². The summed E-state index contributed by atoms with van der Waals surface area (Å²) in [6.07, 6.45) is 0.794. The average Bonchev–Trinajstić information content (AvgIpc) is 2.96. The number of benzene rings is 2. The Bertz CT molecular complexity index is 1500. The number of aromatic nitrogens is 2. The topological polar surface area (TPSA) is 129 Å². The molecule has 0 unspecified atom stereocenters. The number of hydrogen-bond donors (Lipinski definition) is 2. The number of carbonyl (C=O) groups excluding carboxylic acids is 3. The molecule has 0 atom stereocenters. The summed E-state index contributed by atoms with van der Waals surface area (Å²) in [4.78, 5) is 51.4. The Kier molecular flexibility index (Phi) is 8.79. The molecule has 14 heteroatoms. The van der Waals surface area contributed by atoms with Crippen LogP contribution in [0.3, 0.4) is 0 Å². The minimum absolute atomic E-state index is 0.0977. The smallest absolute Gasteiger partial charge is 0.408 e. The lowest BCUT2D eigenvalue weighted by Crippen LogP contribution is -2.51. The van der Waals surface area contributed by atoms with Crippen molar-refractivity contribution in [2.45, 2.75) is 26.4 Å². The van der Waals surface area contributed by atoms with Crippen molar-refractivity contribution in [3.63, 3.8) is 0 Å². The minimum Gasteiger partial charge on any atom is -0.455 e. The summed E-state index contributed by atoms with van der Waals surface area (Å²) in [6.45, 7) is 7.49. The van der Waals surface area contributed by atoms with Crippen LogP contribution >= 0.6 is 23.2 Å². The third-order valence-electron chi connectivity index (χ3n) is 6.67. The van der Waals surface area contributed by atoms with E-state index in [-0.39, 0.29) is 42.5 Å². The van der Waals surface area contributed by atoms with E-state index in [1.165, 1.54) is 11.1 Å². The van der Waals surface area contributed by atoms with Crippen molar-refractivity contribution in [1.29, 1.82) is 0 Å². The predicted octanol–water partition coefficient (Wildman–Crippen LogP) is 4.70. The maximum Gasteiger partial charge on any atom is 0.408 e. The van der Waals surface area contributed by atoms with Gasteiger partial charge in [0.2, 0.25) is 17.7 Å². The predicted molar refractivity (Wildman–Crippen MR) is 164 cm³/mol. The Labute approximate surface area is 258 Å². The van der Waals surface area contributed by atoms with Crippen LogP contribution in [0.15, 0.2) is 48.7 Å². The largest absolute Gasteiger partial charge is 0.455 e. The van der Waals surface area contributed by atoms with Gasteiger partial charge in [-0.15, -0.1) is 0 Å². The summed E-state index contributed by atoms with van der Waals surface area (Å²) in [6, 6.07) is 12.7. The van der Waals surface area contributed by atoms with Gasteiger partial charge in [0.25, 0.3) is 5.91 Å².